The van der Waals surface area contributed by atoms with Gasteiger partial charge in [0, 0.05) is 42.5 Å². The van der Waals surface area contributed by atoms with E-state index in [2.05, 4.69) is 27.1 Å². The summed E-state index contributed by atoms with van der Waals surface area (Å²) in [6.07, 6.45) is 4.44. The average molecular weight is 397 g/mol. The predicted octanol–water partition coefficient (Wildman–Crippen LogP) is 2.32. The Hall–Kier alpha value is -3.03. The second-order valence-electron chi connectivity index (χ2n) is 7.52. The lowest BCUT2D eigenvalue weighted by molar-refractivity contribution is 0.182. The van der Waals surface area contributed by atoms with Crippen LogP contribution in [0.2, 0.25) is 0 Å². The number of aromatic hydroxyl groups is 1. The van der Waals surface area contributed by atoms with E-state index in [9.17, 15) is 9.90 Å². The fraction of sp³-hybridized carbons (Fsp3) is 0.476. The molecule has 0 saturated carbocycles. The first kappa shape index (κ1) is 19.3. The highest BCUT2D eigenvalue weighted by atomic mass is 16.5. The number of ether oxygens (including phenoxy) is 1. The van der Waals surface area contributed by atoms with Crippen molar-refractivity contribution >= 4 is 11.8 Å². The van der Waals surface area contributed by atoms with Gasteiger partial charge in [-0.1, -0.05) is 6.92 Å². The van der Waals surface area contributed by atoms with Crippen LogP contribution in [0.3, 0.4) is 0 Å². The zero-order chi connectivity index (χ0) is 20.2. The molecule has 0 spiro atoms. The van der Waals surface area contributed by atoms with E-state index in [0.29, 0.717) is 25.4 Å². The summed E-state index contributed by atoms with van der Waals surface area (Å²) in [4.78, 5) is 25.6. The van der Waals surface area contributed by atoms with Gasteiger partial charge in [-0.2, -0.15) is 0 Å². The molecule has 2 aliphatic heterocycles. The Bertz CT molecular complexity index is 875. The number of rotatable bonds is 3. The number of benzene rings is 1. The van der Waals surface area contributed by atoms with Crippen LogP contribution in [0.1, 0.15) is 31.0 Å². The monoisotopic (exact) mass is 397 g/mol. The van der Waals surface area contributed by atoms with Crippen molar-refractivity contribution in [2.75, 3.05) is 31.1 Å². The maximum absolute atomic E-state index is 12.9. The summed E-state index contributed by atoms with van der Waals surface area (Å²) in [5.74, 6) is 1.73. The van der Waals surface area contributed by atoms with Gasteiger partial charge in [0.15, 0.2) is 0 Å². The second kappa shape index (κ2) is 8.55. The van der Waals surface area contributed by atoms with Gasteiger partial charge in [0.25, 0.3) is 0 Å². The highest BCUT2D eigenvalue weighted by molar-refractivity contribution is 5.75. The minimum absolute atomic E-state index is 0.0692. The number of urea groups is 1. The summed E-state index contributed by atoms with van der Waals surface area (Å²) in [5.41, 5.74) is 1.92. The average Bonchev–Trinajstić information content (AvgIpc) is 2.96. The van der Waals surface area contributed by atoms with E-state index in [4.69, 9.17) is 4.74 Å². The normalized spacial score (nSPS) is 19.1. The zero-order valence-corrected chi connectivity index (χ0v) is 16.7. The van der Waals surface area contributed by atoms with Crippen molar-refractivity contribution in [2.24, 2.45) is 0 Å². The smallest absolute Gasteiger partial charge is 0.318 e. The zero-order valence-electron chi connectivity index (χ0n) is 16.7. The summed E-state index contributed by atoms with van der Waals surface area (Å²) in [5, 5.41) is 12.8. The van der Waals surface area contributed by atoms with Crippen molar-refractivity contribution in [3.8, 4) is 11.5 Å². The van der Waals surface area contributed by atoms with Gasteiger partial charge in [-0.25, -0.2) is 14.8 Å². The Morgan fingerprint density at radius 3 is 3.07 bits per heavy atom. The van der Waals surface area contributed by atoms with Crippen molar-refractivity contribution in [1.82, 2.24) is 20.2 Å². The van der Waals surface area contributed by atoms with Gasteiger partial charge < -0.3 is 25.0 Å². The molecule has 1 saturated heterocycles. The van der Waals surface area contributed by atoms with Gasteiger partial charge in [0.05, 0.1) is 13.1 Å². The van der Waals surface area contributed by atoms with E-state index in [1.807, 2.05) is 6.07 Å². The fourth-order valence-corrected chi connectivity index (χ4v) is 3.85. The number of aromatic nitrogens is 2. The minimum Gasteiger partial charge on any atom is -0.508 e. The topological polar surface area (TPSA) is 90.8 Å². The molecule has 29 heavy (non-hydrogen) atoms. The second-order valence-corrected chi connectivity index (χ2v) is 7.52. The van der Waals surface area contributed by atoms with E-state index in [-0.39, 0.29) is 17.8 Å². The van der Waals surface area contributed by atoms with Crippen molar-refractivity contribution in [2.45, 2.75) is 38.8 Å². The van der Waals surface area contributed by atoms with Crippen molar-refractivity contribution in [3.63, 3.8) is 0 Å². The van der Waals surface area contributed by atoms with Crippen LogP contribution in [-0.2, 0) is 13.0 Å². The molecule has 0 radical (unpaired) electrons. The molecule has 2 aliphatic rings. The van der Waals surface area contributed by atoms with Crippen LogP contribution < -0.4 is 15.0 Å². The molecule has 1 aromatic heterocycles. The predicted molar refractivity (Wildman–Crippen MR) is 109 cm³/mol. The molecule has 3 heterocycles. The Morgan fingerprint density at radius 2 is 2.21 bits per heavy atom. The lowest BCUT2D eigenvalue weighted by atomic mass is 10.1. The first-order chi connectivity index (χ1) is 14.1. The standard InChI is InChI=1S/C21H27N5O3/c1-2-16-10-20(23-14-22-16)25-7-3-4-17(13-25)24-21(28)26-8-9-29-19-11-18(27)6-5-15(19)12-26/h5-6,10-11,14,17,27H,2-4,7-9,12-13H2,1H3,(H,24,28). The Balaban J connectivity index is 1.39. The first-order valence-corrected chi connectivity index (χ1v) is 10.2. The van der Waals surface area contributed by atoms with E-state index in [1.165, 1.54) is 0 Å². The molecule has 1 aromatic carbocycles. The molecule has 154 valence electrons. The molecule has 1 unspecified atom stereocenters. The molecule has 2 N–H and O–H groups in total. The third-order valence-corrected chi connectivity index (χ3v) is 5.46. The number of phenolic OH excluding ortho intramolecular Hbond substituents is 1. The highest BCUT2D eigenvalue weighted by Crippen LogP contribution is 2.27. The van der Waals surface area contributed by atoms with Crippen molar-refractivity contribution in [3.05, 3.63) is 41.9 Å². The van der Waals surface area contributed by atoms with E-state index >= 15 is 0 Å². The molecule has 8 heteroatoms. The van der Waals surface area contributed by atoms with Gasteiger partial charge in [0.2, 0.25) is 0 Å². The number of carbonyl (C=O) groups is 1. The molecule has 8 nitrogen and oxygen atoms in total. The van der Waals surface area contributed by atoms with E-state index in [1.54, 1.807) is 29.4 Å². The molecule has 1 atom stereocenters. The molecule has 2 aromatic rings. The molecular weight excluding hydrogens is 370 g/mol. The largest absolute Gasteiger partial charge is 0.508 e. The molecule has 0 bridgehead atoms. The van der Waals surface area contributed by atoms with E-state index in [0.717, 1.165) is 49.4 Å². The molecule has 1 fully saturated rings. The molecule has 2 amide bonds. The fourth-order valence-electron chi connectivity index (χ4n) is 3.85. The Labute approximate surface area is 170 Å². The summed E-state index contributed by atoms with van der Waals surface area (Å²) in [6.45, 7) is 5.12. The van der Waals surface area contributed by atoms with Gasteiger partial charge in [0.1, 0.15) is 30.3 Å². The number of aryl methyl sites for hydroxylation is 1. The third-order valence-electron chi connectivity index (χ3n) is 5.46. The molecule has 4 rings (SSSR count). The van der Waals surface area contributed by atoms with Crippen LogP contribution in [0.25, 0.3) is 0 Å². The van der Waals surface area contributed by atoms with Crippen LogP contribution in [0.5, 0.6) is 11.5 Å². The highest BCUT2D eigenvalue weighted by Gasteiger charge is 2.26. The SMILES string of the molecule is CCc1cc(N2CCCC(NC(=O)N3CCOc4cc(O)ccc4C3)C2)ncn1. The number of nitrogens with zero attached hydrogens (tertiary/aromatic N) is 4. The third kappa shape index (κ3) is 4.52. The van der Waals surface area contributed by atoms with Crippen LogP contribution in [-0.4, -0.2) is 58.3 Å². The summed E-state index contributed by atoms with van der Waals surface area (Å²) in [7, 11) is 0. The van der Waals surface area contributed by atoms with Crippen LogP contribution >= 0.6 is 0 Å². The van der Waals surface area contributed by atoms with Gasteiger partial charge >= 0.3 is 6.03 Å². The lowest BCUT2D eigenvalue weighted by Crippen LogP contribution is -2.52. The maximum Gasteiger partial charge on any atom is 0.318 e. The summed E-state index contributed by atoms with van der Waals surface area (Å²) < 4.78 is 5.69. The number of phenols is 1. The number of nitrogens with one attached hydrogen (secondary N) is 1. The van der Waals surface area contributed by atoms with Crippen LogP contribution in [0.4, 0.5) is 10.6 Å². The maximum atomic E-state index is 12.9. The number of hydrogen-bond donors (Lipinski definition) is 2. The number of hydrogen-bond acceptors (Lipinski definition) is 6. The lowest BCUT2D eigenvalue weighted by Gasteiger charge is -2.35. The first-order valence-electron chi connectivity index (χ1n) is 10.2. The molecular formula is C21H27N5O3. The van der Waals surface area contributed by atoms with Gasteiger partial charge in [-0.3, -0.25) is 0 Å². The summed E-state index contributed by atoms with van der Waals surface area (Å²) in [6, 6.07) is 7.04. The van der Waals surface area contributed by atoms with E-state index < -0.39 is 0 Å². The quantitative estimate of drug-likeness (QED) is 0.826. The minimum atomic E-state index is -0.0849. The Kier molecular flexibility index (Phi) is 5.69. The summed E-state index contributed by atoms with van der Waals surface area (Å²) >= 11 is 0. The number of carbonyl (C=O) groups excluding carboxylic acids is 1. The van der Waals surface area contributed by atoms with Gasteiger partial charge in [-0.05, 0) is 31.4 Å². The van der Waals surface area contributed by atoms with Gasteiger partial charge in [-0.15, -0.1) is 0 Å². The van der Waals surface area contributed by atoms with Crippen LogP contribution in [0, 0.1) is 0 Å². The number of amides is 2. The Morgan fingerprint density at radius 1 is 1.31 bits per heavy atom. The number of fused-ring (bicyclic) bond motifs is 1. The number of piperidine rings is 1. The van der Waals surface area contributed by atoms with Crippen molar-refractivity contribution in [1.29, 1.82) is 0 Å². The van der Waals surface area contributed by atoms with Crippen molar-refractivity contribution < 1.29 is 14.6 Å². The number of anilines is 1. The molecule has 0 aliphatic carbocycles. The van der Waals surface area contributed by atoms with Crippen LogP contribution in [0.15, 0.2) is 30.6 Å².